The second-order valence-corrected chi connectivity index (χ2v) is 8.42. The quantitative estimate of drug-likeness (QED) is 0.318. The normalized spacial score (nSPS) is 17.6. The van der Waals surface area contributed by atoms with Crippen molar-refractivity contribution >= 4 is 44.9 Å². The van der Waals surface area contributed by atoms with Gasteiger partial charge in [0.1, 0.15) is 5.69 Å². The highest BCUT2D eigenvalue weighted by Crippen LogP contribution is 2.45. The Labute approximate surface area is 189 Å². The predicted octanol–water partition coefficient (Wildman–Crippen LogP) is 4.74. The Kier molecular flexibility index (Phi) is 4.03. The lowest BCUT2D eigenvalue weighted by Gasteiger charge is -2.23. The molecule has 6 nitrogen and oxygen atoms in total. The van der Waals surface area contributed by atoms with Gasteiger partial charge in [-0.3, -0.25) is 19.5 Å². The van der Waals surface area contributed by atoms with E-state index in [0.29, 0.717) is 16.9 Å². The standard InChI is InChI=1S/C27H20N4O2/c1-16-11-12-20-24(13-16)31(17-7-3-2-4-8-17)26(33)27(20,28)25(32)22-14-19-18-9-5-6-10-21(18)30-23(19)15-29-22/h2-15,30H,28H2,1H3. The molecule has 6 heteroatoms. The number of nitrogens with two attached hydrogens (primary N) is 1. The number of nitrogens with zero attached hydrogens (tertiary/aromatic N) is 2. The van der Waals surface area contributed by atoms with E-state index in [1.165, 1.54) is 4.90 Å². The zero-order chi connectivity index (χ0) is 22.7. The summed E-state index contributed by atoms with van der Waals surface area (Å²) in [6.07, 6.45) is 1.62. The van der Waals surface area contributed by atoms with E-state index < -0.39 is 17.2 Å². The van der Waals surface area contributed by atoms with Crippen LogP contribution in [-0.4, -0.2) is 21.7 Å². The van der Waals surface area contributed by atoms with Gasteiger partial charge in [0, 0.05) is 27.5 Å². The van der Waals surface area contributed by atoms with Gasteiger partial charge < -0.3 is 10.7 Å². The SMILES string of the molecule is Cc1ccc2c(c1)N(c1ccccc1)C(=O)C2(N)C(=O)c1cc2c(cn1)[nH]c1ccccc12. The molecule has 0 bridgehead atoms. The summed E-state index contributed by atoms with van der Waals surface area (Å²) in [4.78, 5) is 36.9. The molecule has 0 saturated carbocycles. The van der Waals surface area contributed by atoms with E-state index in [4.69, 9.17) is 5.73 Å². The number of carbonyl (C=O) groups is 2. The number of Topliss-reactive ketones (excluding diaryl/α,β-unsaturated/α-hetero) is 1. The molecular weight excluding hydrogens is 412 g/mol. The van der Waals surface area contributed by atoms with E-state index in [-0.39, 0.29) is 5.69 Å². The summed E-state index contributed by atoms with van der Waals surface area (Å²) in [7, 11) is 0. The lowest BCUT2D eigenvalue weighted by Crippen LogP contribution is -2.52. The number of hydrogen-bond donors (Lipinski definition) is 2. The zero-order valence-electron chi connectivity index (χ0n) is 17.9. The predicted molar refractivity (Wildman–Crippen MR) is 129 cm³/mol. The van der Waals surface area contributed by atoms with Crippen molar-refractivity contribution in [3.05, 3.63) is 102 Å². The number of fused-ring (bicyclic) bond motifs is 4. The number of rotatable bonds is 3. The molecule has 3 N–H and O–H groups in total. The Morgan fingerprint density at radius 2 is 1.70 bits per heavy atom. The van der Waals surface area contributed by atoms with Crippen LogP contribution in [-0.2, 0) is 10.3 Å². The van der Waals surface area contributed by atoms with Crippen molar-refractivity contribution in [3.63, 3.8) is 0 Å². The number of para-hydroxylation sites is 2. The Morgan fingerprint density at radius 1 is 0.939 bits per heavy atom. The number of aromatic amines is 1. The first-order chi connectivity index (χ1) is 16.0. The molecule has 6 rings (SSSR count). The molecule has 1 unspecified atom stereocenters. The van der Waals surface area contributed by atoms with Gasteiger partial charge in [-0.05, 0) is 42.8 Å². The molecule has 0 radical (unpaired) electrons. The van der Waals surface area contributed by atoms with Gasteiger partial charge >= 0.3 is 0 Å². The molecule has 0 saturated heterocycles. The first kappa shape index (κ1) is 19.4. The van der Waals surface area contributed by atoms with E-state index >= 15 is 0 Å². The molecule has 3 heterocycles. The fourth-order valence-corrected chi connectivity index (χ4v) is 4.69. The Morgan fingerprint density at radius 3 is 2.52 bits per heavy atom. The van der Waals surface area contributed by atoms with Crippen molar-refractivity contribution in [1.82, 2.24) is 9.97 Å². The number of H-pyrrole nitrogens is 1. The third-order valence-corrected chi connectivity index (χ3v) is 6.36. The van der Waals surface area contributed by atoms with Gasteiger partial charge in [-0.25, -0.2) is 0 Å². The molecule has 160 valence electrons. The molecule has 1 aliphatic heterocycles. The molecular formula is C27H20N4O2. The second kappa shape index (κ2) is 6.85. The lowest BCUT2D eigenvalue weighted by atomic mass is 9.85. The van der Waals surface area contributed by atoms with Crippen LogP contribution in [0.25, 0.3) is 21.8 Å². The van der Waals surface area contributed by atoms with Crippen molar-refractivity contribution in [2.45, 2.75) is 12.5 Å². The van der Waals surface area contributed by atoms with Crippen molar-refractivity contribution in [1.29, 1.82) is 0 Å². The van der Waals surface area contributed by atoms with Gasteiger partial charge in [0.25, 0.3) is 5.91 Å². The van der Waals surface area contributed by atoms with Crippen LogP contribution >= 0.6 is 0 Å². The number of anilines is 2. The molecule has 33 heavy (non-hydrogen) atoms. The van der Waals surface area contributed by atoms with Crippen molar-refractivity contribution < 1.29 is 9.59 Å². The number of amides is 1. The number of nitrogens with one attached hydrogen (secondary N) is 1. The van der Waals surface area contributed by atoms with Crippen molar-refractivity contribution in [2.24, 2.45) is 5.73 Å². The van der Waals surface area contributed by atoms with Gasteiger partial charge in [0.05, 0.1) is 17.4 Å². The number of hydrogen-bond acceptors (Lipinski definition) is 4. The zero-order valence-corrected chi connectivity index (χ0v) is 17.9. The van der Waals surface area contributed by atoms with Crippen LogP contribution in [0.2, 0.25) is 0 Å². The summed E-state index contributed by atoms with van der Waals surface area (Å²) < 4.78 is 0. The monoisotopic (exact) mass is 432 g/mol. The van der Waals surface area contributed by atoms with Crippen LogP contribution in [0.1, 0.15) is 21.6 Å². The minimum absolute atomic E-state index is 0.157. The number of benzene rings is 3. The number of aromatic nitrogens is 2. The highest BCUT2D eigenvalue weighted by Gasteiger charge is 2.54. The molecule has 1 aliphatic rings. The highest BCUT2D eigenvalue weighted by molar-refractivity contribution is 6.28. The summed E-state index contributed by atoms with van der Waals surface area (Å²) in [5, 5.41) is 1.84. The van der Waals surface area contributed by atoms with E-state index in [9.17, 15) is 9.59 Å². The lowest BCUT2D eigenvalue weighted by molar-refractivity contribution is -0.120. The number of aryl methyl sites for hydroxylation is 1. The summed E-state index contributed by atoms with van der Waals surface area (Å²) in [5.74, 6) is -1.01. The van der Waals surface area contributed by atoms with E-state index in [2.05, 4.69) is 9.97 Å². The average Bonchev–Trinajstić information content (AvgIpc) is 3.31. The molecule has 3 aromatic carbocycles. The van der Waals surface area contributed by atoms with Gasteiger partial charge in [0.2, 0.25) is 5.78 Å². The number of ketones is 1. The van der Waals surface area contributed by atoms with Crippen LogP contribution in [0.5, 0.6) is 0 Å². The minimum Gasteiger partial charge on any atom is -0.353 e. The van der Waals surface area contributed by atoms with E-state index in [1.54, 1.807) is 18.3 Å². The molecule has 0 fully saturated rings. The molecule has 0 spiro atoms. The first-order valence-electron chi connectivity index (χ1n) is 10.7. The third-order valence-electron chi connectivity index (χ3n) is 6.36. The summed E-state index contributed by atoms with van der Waals surface area (Å²) in [6, 6.07) is 24.3. The van der Waals surface area contributed by atoms with Crippen LogP contribution in [0.15, 0.2) is 85.1 Å². The molecule has 2 aromatic heterocycles. The fourth-order valence-electron chi connectivity index (χ4n) is 4.69. The third kappa shape index (κ3) is 2.68. The van der Waals surface area contributed by atoms with Crippen LogP contribution in [0.3, 0.4) is 0 Å². The van der Waals surface area contributed by atoms with Gasteiger partial charge in [-0.15, -0.1) is 0 Å². The van der Waals surface area contributed by atoms with Gasteiger partial charge in [-0.2, -0.15) is 0 Å². The Bertz CT molecular complexity index is 1590. The number of carbonyl (C=O) groups excluding carboxylic acids is 2. The second-order valence-electron chi connectivity index (χ2n) is 8.42. The summed E-state index contributed by atoms with van der Waals surface area (Å²) in [6.45, 7) is 1.94. The average molecular weight is 432 g/mol. The molecule has 0 aliphatic carbocycles. The maximum absolute atomic E-state index is 13.9. The maximum atomic E-state index is 13.9. The van der Waals surface area contributed by atoms with Gasteiger partial charge in [-0.1, -0.05) is 48.5 Å². The topological polar surface area (TPSA) is 92.1 Å². The number of pyridine rings is 1. The van der Waals surface area contributed by atoms with Crippen LogP contribution < -0.4 is 10.6 Å². The van der Waals surface area contributed by atoms with Gasteiger partial charge in [0.15, 0.2) is 5.54 Å². The van der Waals surface area contributed by atoms with Crippen LogP contribution in [0.4, 0.5) is 11.4 Å². The Hall–Kier alpha value is -4.29. The fraction of sp³-hybridized carbons (Fsp3) is 0.0741. The van der Waals surface area contributed by atoms with E-state index in [0.717, 1.165) is 27.4 Å². The van der Waals surface area contributed by atoms with E-state index in [1.807, 2.05) is 73.7 Å². The molecule has 5 aromatic rings. The van der Waals surface area contributed by atoms with Crippen molar-refractivity contribution in [2.75, 3.05) is 4.90 Å². The molecule has 1 atom stereocenters. The minimum atomic E-state index is -1.87. The van der Waals surface area contributed by atoms with Crippen molar-refractivity contribution in [3.8, 4) is 0 Å². The highest BCUT2D eigenvalue weighted by atomic mass is 16.2. The largest absolute Gasteiger partial charge is 0.353 e. The summed E-state index contributed by atoms with van der Waals surface area (Å²) in [5.41, 5.74) is 9.50. The summed E-state index contributed by atoms with van der Waals surface area (Å²) >= 11 is 0. The smallest absolute Gasteiger partial charge is 0.264 e. The molecule has 1 amide bonds. The van der Waals surface area contributed by atoms with Crippen LogP contribution in [0, 0.1) is 6.92 Å². The first-order valence-corrected chi connectivity index (χ1v) is 10.7. The Balaban J connectivity index is 1.53. The maximum Gasteiger partial charge on any atom is 0.264 e.